The van der Waals surface area contributed by atoms with E-state index in [0.717, 1.165) is 36.1 Å². The molecule has 144 valence electrons. The van der Waals surface area contributed by atoms with Gasteiger partial charge in [0.2, 0.25) is 5.91 Å². The van der Waals surface area contributed by atoms with E-state index in [2.05, 4.69) is 15.3 Å². The molecule has 8 heteroatoms. The molecule has 2 heterocycles. The number of alkyl halides is 2. The number of rotatable bonds is 5. The first-order valence-corrected chi connectivity index (χ1v) is 9.82. The Balaban J connectivity index is 1.52. The third-order valence-electron chi connectivity index (χ3n) is 4.70. The average Bonchev–Trinajstić information content (AvgIpc) is 3.18. The number of anilines is 2. The van der Waals surface area contributed by atoms with Crippen LogP contribution in [0.3, 0.4) is 0 Å². The lowest BCUT2D eigenvalue weighted by Crippen LogP contribution is -2.40. The third-order valence-corrected chi connectivity index (χ3v) is 5.42. The molecule has 0 unspecified atom stereocenters. The second kappa shape index (κ2) is 8.10. The first-order chi connectivity index (χ1) is 13.6. The number of nitrogens with one attached hydrogen (secondary N) is 1. The second-order valence-corrected chi connectivity index (χ2v) is 7.52. The normalized spacial score (nSPS) is 16.7. The number of thioether (sulfide) groups is 1. The van der Waals surface area contributed by atoms with Crippen LogP contribution in [0.25, 0.3) is 10.9 Å². The molecular formula is C20H18F2N4OS. The molecule has 4 rings (SSSR count). The fraction of sp³-hybridized carbons (Fsp3) is 0.250. The number of fused-ring (bicyclic) bond motifs is 1. The lowest BCUT2D eigenvalue weighted by atomic mass is 10.1. The molecule has 1 atom stereocenters. The van der Waals surface area contributed by atoms with Crippen LogP contribution in [0.1, 0.15) is 12.8 Å². The highest BCUT2D eigenvalue weighted by Crippen LogP contribution is 2.30. The number of hydrogen-bond donors (Lipinski definition) is 1. The van der Waals surface area contributed by atoms with E-state index >= 15 is 0 Å². The van der Waals surface area contributed by atoms with Gasteiger partial charge in [-0.05, 0) is 49.2 Å². The maximum Gasteiger partial charge on any atom is 0.288 e. The zero-order valence-corrected chi connectivity index (χ0v) is 15.7. The van der Waals surface area contributed by atoms with E-state index in [0.29, 0.717) is 22.3 Å². The minimum absolute atomic E-state index is 0.130. The van der Waals surface area contributed by atoms with Gasteiger partial charge in [-0.15, -0.1) is 0 Å². The molecule has 1 aliphatic heterocycles. The maximum absolute atomic E-state index is 12.9. The van der Waals surface area contributed by atoms with Crippen LogP contribution in [-0.2, 0) is 4.79 Å². The van der Waals surface area contributed by atoms with Gasteiger partial charge in [0.25, 0.3) is 5.76 Å². The van der Waals surface area contributed by atoms with E-state index in [1.807, 2.05) is 29.2 Å². The van der Waals surface area contributed by atoms with Gasteiger partial charge in [0.1, 0.15) is 18.2 Å². The Morgan fingerprint density at radius 1 is 1.14 bits per heavy atom. The third kappa shape index (κ3) is 3.91. The van der Waals surface area contributed by atoms with Gasteiger partial charge >= 0.3 is 0 Å². The average molecular weight is 400 g/mol. The van der Waals surface area contributed by atoms with Crippen LogP contribution in [-0.4, -0.2) is 34.2 Å². The summed E-state index contributed by atoms with van der Waals surface area (Å²) in [7, 11) is 0. The fourth-order valence-electron chi connectivity index (χ4n) is 3.46. The number of carbonyl (C=O) groups is 1. The van der Waals surface area contributed by atoms with Gasteiger partial charge in [-0.2, -0.15) is 8.78 Å². The van der Waals surface area contributed by atoms with Crippen molar-refractivity contribution in [2.45, 2.75) is 29.5 Å². The number of nitrogens with zero attached hydrogens (tertiary/aromatic N) is 3. The quantitative estimate of drug-likeness (QED) is 0.637. The fourth-order valence-corrected chi connectivity index (χ4v) is 3.96. The summed E-state index contributed by atoms with van der Waals surface area (Å²) in [6.07, 6.45) is 3.13. The Morgan fingerprint density at radius 3 is 2.71 bits per heavy atom. The molecule has 1 N–H and O–H groups in total. The molecule has 0 bridgehead atoms. The topological polar surface area (TPSA) is 58.1 Å². The van der Waals surface area contributed by atoms with E-state index in [1.165, 1.54) is 6.33 Å². The van der Waals surface area contributed by atoms with E-state index in [4.69, 9.17) is 0 Å². The summed E-state index contributed by atoms with van der Waals surface area (Å²) in [5, 5.41) is 3.81. The Labute approximate surface area is 165 Å². The molecule has 1 aromatic heterocycles. The molecule has 0 saturated carbocycles. The van der Waals surface area contributed by atoms with Crippen molar-refractivity contribution in [2.24, 2.45) is 0 Å². The Hall–Kier alpha value is -2.74. The predicted octanol–water partition coefficient (Wildman–Crippen LogP) is 4.55. The van der Waals surface area contributed by atoms with Gasteiger partial charge in [-0.1, -0.05) is 23.9 Å². The zero-order valence-electron chi connectivity index (χ0n) is 14.9. The van der Waals surface area contributed by atoms with Crippen molar-refractivity contribution >= 4 is 40.1 Å². The number of aromatic nitrogens is 2. The highest BCUT2D eigenvalue weighted by atomic mass is 32.2. The molecule has 0 spiro atoms. The summed E-state index contributed by atoms with van der Waals surface area (Å²) in [6, 6.07) is 13.8. The van der Waals surface area contributed by atoms with Crippen LogP contribution < -0.4 is 10.2 Å². The standard InChI is InChI=1S/C20H18F2N4OS/c21-20(22)28-14-9-7-13(8-10-14)25-19(27)17-6-3-11-26(17)18-15-4-1-2-5-16(15)23-12-24-18/h1-2,4-5,7-10,12,17,20H,3,6,11H2,(H,25,27)/t17-/m0/s1. The molecule has 5 nitrogen and oxygen atoms in total. The van der Waals surface area contributed by atoms with Crippen molar-refractivity contribution in [1.29, 1.82) is 0 Å². The Kier molecular flexibility index (Phi) is 5.38. The molecule has 3 aromatic rings. The van der Waals surface area contributed by atoms with Crippen molar-refractivity contribution in [3.05, 3.63) is 54.9 Å². The lowest BCUT2D eigenvalue weighted by Gasteiger charge is -2.25. The van der Waals surface area contributed by atoms with Crippen LogP contribution in [0, 0.1) is 0 Å². The minimum atomic E-state index is -2.46. The Morgan fingerprint density at radius 2 is 1.93 bits per heavy atom. The van der Waals surface area contributed by atoms with Crippen molar-refractivity contribution < 1.29 is 13.6 Å². The minimum Gasteiger partial charge on any atom is -0.344 e. The number of para-hydroxylation sites is 1. The van der Waals surface area contributed by atoms with E-state index in [1.54, 1.807) is 24.3 Å². The van der Waals surface area contributed by atoms with Gasteiger partial charge in [-0.3, -0.25) is 4.79 Å². The molecule has 1 aliphatic rings. The first-order valence-electron chi connectivity index (χ1n) is 8.94. The number of halogens is 2. The van der Waals surface area contributed by atoms with Crippen molar-refractivity contribution in [1.82, 2.24) is 9.97 Å². The second-order valence-electron chi connectivity index (χ2n) is 6.46. The van der Waals surface area contributed by atoms with Gasteiger partial charge in [0.05, 0.1) is 5.52 Å². The summed E-state index contributed by atoms with van der Waals surface area (Å²) in [5.74, 6) is -1.84. The van der Waals surface area contributed by atoms with Gasteiger partial charge in [0, 0.05) is 22.5 Å². The van der Waals surface area contributed by atoms with E-state index in [9.17, 15) is 13.6 Å². The monoisotopic (exact) mass is 400 g/mol. The van der Waals surface area contributed by atoms with Crippen LogP contribution in [0.2, 0.25) is 0 Å². The summed E-state index contributed by atoms with van der Waals surface area (Å²) in [5.41, 5.74) is 1.42. The number of benzene rings is 2. The molecule has 2 aromatic carbocycles. The maximum atomic E-state index is 12.9. The van der Waals surface area contributed by atoms with Gasteiger partial charge < -0.3 is 10.2 Å². The molecule has 1 amide bonds. The van der Waals surface area contributed by atoms with Crippen molar-refractivity contribution in [2.75, 3.05) is 16.8 Å². The van der Waals surface area contributed by atoms with Crippen LogP contribution in [0.4, 0.5) is 20.3 Å². The lowest BCUT2D eigenvalue weighted by molar-refractivity contribution is -0.117. The number of hydrogen-bond acceptors (Lipinski definition) is 5. The summed E-state index contributed by atoms with van der Waals surface area (Å²) >= 11 is 0.482. The molecular weight excluding hydrogens is 382 g/mol. The van der Waals surface area contributed by atoms with Gasteiger partial charge in [-0.25, -0.2) is 9.97 Å². The largest absolute Gasteiger partial charge is 0.344 e. The molecule has 0 aliphatic carbocycles. The smallest absolute Gasteiger partial charge is 0.288 e. The van der Waals surface area contributed by atoms with Gasteiger partial charge in [0.15, 0.2) is 0 Å². The van der Waals surface area contributed by atoms with Crippen LogP contribution >= 0.6 is 11.8 Å². The summed E-state index contributed by atoms with van der Waals surface area (Å²) in [4.78, 5) is 24.1. The summed E-state index contributed by atoms with van der Waals surface area (Å²) < 4.78 is 24.9. The SMILES string of the molecule is O=C(Nc1ccc(SC(F)F)cc1)[C@@H]1CCCN1c1ncnc2ccccc12. The highest BCUT2D eigenvalue weighted by Gasteiger charge is 2.32. The van der Waals surface area contributed by atoms with Crippen LogP contribution in [0.5, 0.6) is 0 Å². The summed E-state index contributed by atoms with van der Waals surface area (Å²) in [6.45, 7) is 0.739. The molecule has 1 fully saturated rings. The van der Waals surface area contributed by atoms with Crippen LogP contribution in [0.15, 0.2) is 59.8 Å². The van der Waals surface area contributed by atoms with E-state index in [-0.39, 0.29) is 11.9 Å². The van der Waals surface area contributed by atoms with Crippen molar-refractivity contribution in [3.63, 3.8) is 0 Å². The molecule has 28 heavy (non-hydrogen) atoms. The highest BCUT2D eigenvalue weighted by molar-refractivity contribution is 7.99. The number of amides is 1. The van der Waals surface area contributed by atoms with Crippen molar-refractivity contribution in [3.8, 4) is 0 Å². The first kappa shape index (κ1) is 18.6. The zero-order chi connectivity index (χ0) is 19.5. The molecule has 1 saturated heterocycles. The predicted molar refractivity (Wildman–Crippen MR) is 107 cm³/mol. The van der Waals surface area contributed by atoms with E-state index < -0.39 is 5.76 Å². The molecule has 0 radical (unpaired) electrons. The Bertz CT molecular complexity index is 978. The number of carbonyl (C=O) groups excluding carboxylic acids is 1.